The molecule has 2 nitrogen and oxygen atoms in total. The molecule has 0 amide bonds. The van der Waals surface area contributed by atoms with Crippen molar-refractivity contribution in [2.75, 3.05) is 0 Å². The van der Waals surface area contributed by atoms with E-state index in [1.165, 1.54) is 23.0 Å². The molecule has 0 radical (unpaired) electrons. The van der Waals surface area contributed by atoms with Crippen molar-refractivity contribution in [3.63, 3.8) is 0 Å². The Balaban J connectivity index is 4.35. The van der Waals surface area contributed by atoms with Gasteiger partial charge in [0, 0.05) is 5.92 Å². The summed E-state index contributed by atoms with van der Waals surface area (Å²) in [4.78, 5) is 10.6. The summed E-state index contributed by atoms with van der Waals surface area (Å²) in [6.45, 7) is 1.69. The van der Waals surface area contributed by atoms with Gasteiger partial charge in [-0.15, -0.1) is 0 Å². The van der Waals surface area contributed by atoms with Crippen molar-refractivity contribution in [3.8, 4) is 94.7 Å². The van der Waals surface area contributed by atoms with Crippen LogP contribution in [0, 0.1) is 94.7 Å². The second kappa shape index (κ2) is 14.7. The van der Waals surface area contributed by atoms with Gasteiger partial charge in [0.2, 0.25) is 0 Å². The molecule has 0 saturated carbocycles. The van der Waals surface area contributed by atoms with Crippen LogP contribution in [-0.2, 0) is 7.86 Å². The van der Waals surface area contributed by atoms with Gasteiger partial charge in [-0.3, -0.25) is 0 Å². The molecule has 0 aromatic carbocycles. The van der Waals surface area contributed by atoms with Gasteiger partial charge in [-0.05, 0) is 89.8 Å². The zero-order chi connectivity index (χ0) is 15.6. The van der Waals surface area contributed by atoms with Crippen molar-refractivity contribution >= 4 is 29.0 Å². The minimum Gasteiger partial charge on any atom is -0.385 e. The predicted octanol–water partition coefficient (Wildman–Crippen LogP) is 0.927. The van der Waals surface area contributed by atoms with Crippen LogP contribution >= 0.6 is 23.0 Å². The number of carbonyl (C=O) groups excluding carboxylic acids is 1. The summed E-state index contributed by atoms with van der Waals surface area (Å²) in [6.07, 6.45) is 0. The van der Waals surface area contributed by atoms with E-state index in [4.69, 9.17) is 0 Å². The predicted molar refractivity (Wildman–Crippen MR) is 88.0 cm³/mol. The summed E-state index contributed by atoms with van der Waals surface area (Å²) < 4.78 is 4.26. The molecule has 0 heterocycles. The number of hydrogen-bond acceptors (Lipinski definition) is 2. The zero-order valence-corrected chi connectivity index (χ0v) is 12.9. The third kappa shape index (κ3) is 14.6. The molecule has 0 bridgehead atoms. The molecule has 0 spiro atoms. The zero-order valence-electron chi connectivity index (χ0n) is 10.7. The standard InChI is InChI=1S/C18H3IO2/c1-2-3-4-5-6-7-8-9-10-11-12-13-14-15-16-17-18(20)21-19/h1H3. The molecular weight excluding hydrogens is 375 g/mol. The van der Waals surface area contributed by atoms with Crippen LogP contribution in [0.15, 0.2) is 0 Å². The highest BCUT2D eigenvalue weighted by Gasteiger charge is 1.87. The van der Waals surface area contributed by atoms with E-state index in [1.54, 1.807) is 6.92 Å². The average Bonchev–Trinajstić information content (AvgIpc) is 2.50. The second-order valence-electron chi connectivity index (χ2n) is 2.49. The number of hydrogen-bond donors (Lipinski definition) is 0. The topological polar surface area (TPSA) is 26.3 Å². The quantitative estimate of drug-likeness (QED) is 0.463. The lowest BCUT2D eigenvalue weighted by Crippen LogP contribution is -1.88. The van der Waals surface area contributed by atoms with Gasteiger partial charge in [0.25, 0.3) is 0 Å². The van der Waals surface area contributed by atoms with E-state index in [-0.39, 0.29) is 0 Å². The molecule has 0 unspecified atom stereocenters. The van der Waals surface area contributed by atoms with E-state index in [0.717, 1.165) is 0 Å². The van der Waals surface area contributed by atoms with Crippen LogP contribution in [-0.4, -0.2) is 5.97 Å². The summed E-state index contributed by atoms with van der Waals surface area (Å²) in [5.74, 6) is 38.3. The summed E-state index contributed by atoms with van der Waals surface area (Å²) >= 11 is 1.43. The maximum Gasteiger partial charge on any atom is 0.394 e. The first kappa shape index (κ1) is 17.7. The molecule has 0 aromatic rings. The smallest absolute Gasteiger partial charge is 0.385 e. The minimum atomic E-state index is -0.666. The lowest BCUT2D eigenvalue weighted by molar-refractivity contribution is -0.125. The van der Waals surface area contributed by atoms with Gasteiger partial charge in [-0.2, -0.15) is 0 Å². The first-order valence-corrected chi connectivity index (χ1v) is 5.94. The first-order chi connectivity index (χ1) is 10.3. The Labute approximate surface area is 138 Å². The van der Waals surface area contributed by atoms with Crippen LogP contribution in [0.4, 0.5) is 0 Å². The van der Waals surface area contributed by atoms with Gasteiger partial charge in [-0.25, -0.2) is 4.79 Å². The van der Waals surface area contributed by atoms with Crippen molar-refractivity contribution in [2.24, 2.45) is 0 Å². The monoisotopic (exact) mass is 378 g/mol. The van der Waals surface area contributed by atoms with Crippen LogP contribution in [0.25, 0.3) is 0 Å². The highest BCUT2D eigenvalue weighted by molar-refractivity contribution is 14.1. The van der Waals surface area contributed by atoms with E-state index in [9.17, 15) is 4.79 Å². The molecule has 0 aliphatic carbocycles. The first-order valence-electron chi connectivity index (χ1n) is 5.06. The molecule has 0 aliphatic rings. The van der Waals surface area contributed by atoms with Gasteiger partial charge in [0.1, 0.15) is 0 Å². The average molecular weight is 378 g/mol. The fourth-order valence-electron chi connectivity index (χ4n) is 0.539. The molecule has 0 N–H and O–H groups in total. The fraction of sp³-hybridized carbons (Fsp3) is 0.0556. The lowest BCUT2D eigenvalue weighted by atomic mass is 10.5. The largest absolute Gasteiger partial charge is 0.394 e. The van der Waals surface area contributed by atoms with Gasteiger partial charge >= 0.3 is 5.97 Å². The van der Waals surface area contributed by atoms with Crippen molar-refractivity contribution in [2.45, 2.75) is 6.92 Å². The Hall–Kier alpha value is -3.32. The van der Waals surface area contributed by atoms with Gasteiger partial charge in [0.05, 0.1) is 0 Å². The minimum absolute atomic E-state index is 0.666. The van der Waals surface area contributed by atoms with Crippen molar-refractivity contribution in [1.82, 2.24) is 0 Å². The molecule has 3 heteroatoms. The van der Waals surface area contributed by atoms with Crippen molar-refractivity contribution < 1.29 is 7.86 Å². The molecule has 0 fully saturated rings. The van der Waals surface area contributed by atoms with Gasteiger partial charge in [-0.1, -0.05) is 5.92 Å². The maximum absolute atomic E-state index is 10.6. The van der Waals surface area contributed by atoms with Crippen LogP contribution in [0.2, 0.25) is 0 Å². The Morgan fingerprint density at radius 1 is 0.667 bits per heavy atom. The SMILES string of the molecule is CC#CC#CC#CC#CC#CC#CC#CC#CC(=O)OI. The second-order valence-corrected chi connectivity index (χ2v) is 2.93. The molecular formula is C18H3IO2. The molecule has 0 atom stereocenters. The van der Waals surface area contributed by atoms with Crippen molar-refractivity contribution in [3.05, 3.63) is 0 Å². The Morgan fingerprint density at radius 3 is 1.33 bits per heavy atom. The number of halogens is 1. The van der Waals surface area contributed by atoms with Crippen LogP contribution in [0.1, 0.15) is 6.92 Å². The Morgan fingerprint density at radius 2 is 1.00 bits per heavy atom. The third-order valence-corrected chi connectivity index (χ3v) is 1.57. The van der Waals surface area contributed by atoms with Gasteiger partial charge < -0.3 is 3.07 Å². The van der Waals surface area contributed by atoms with E-state index >= 15 is 0 Å². The number of rotatable bonds is 0. The molecule has 0 aromatic heterocycles. The summed E-state index contributed by atoms with van der Waals surface area (Å²) in [5, 5.41) is 0. The normalized spacial score (nSPS) is 4.67. The highest BCUT2D eigenvalue weighted by atomic mass is 127. The molecule has 94 valence electrons. The van der Waals surface area contributed by atoms with Gasteiger partial charge in [0.15, 0.2) is 23.0 Å². The van der Waals surface area contributed by atoms with E-state index in [2.05, 4.69) is 97.8 Å². The fourth-order valence-corrected chi connectivity index (χ4v) is 0.649. The van der Waals surface area contributed by atoms with Crippen LogP contribution < -0.4 is 0 Å². The Bertz CT molecular complexity index is 893. The molecule has 0 aliphatic heterocycles. The summed E-state index contributed by atoms with van der Waals surface area (Å²) in [7, 11) is 0. The summed E-state index contributed by atoms with van der Waals surface area (Å²) in [5.41, 5.74) is 0. The van der Waals surface area contributed by atoms with Crippen LogP contribution in [0.3, 0.4) is 0 Å². The summed E-state index contributed by atoms with van der Waals surface area (Å²) in [6, 6.07) is 0. The third-order valence-electron chi connectivity index (χ3n) is 1.17. The maximum atomic E-state index is 10.6. The van der Waals surface area contributed by atoms with E-state index in [1.807, 2.05) is 0 Å². The molecule has 0 saturated heterocycles. The molecule has 21 heavy (non-hydrogen) atoms. The Kier molecular flexibility index (Phi) is 12.4. The lowest BCUT2D eigenvalue weighted by Gasteiger charge is -1.76. The van der Waals surface area contributed by atoms with E-state index in [0.29, 0.717) is 0 Å². The number of carbonyl (C=O) groups is 1. The van der Waals surface area contributed by atoms with Crippen LogP contribution in [0.5, 0.6) is 0 Å². The van der Waals surface area contributed by atoms with E-state index < -0.39 is 5.97 Å². The van der Waals surface area contributed by atoms with Crippen molar-refractivity contribution in [1.29, 1.82) is 0 Å². The highest BCUT2D eigenvalue weighted by Crippen LogP contribution is 1.83. The molecule has 0 rings (SSSR count).